The lowest BCUT2D eigenvalue weighted by atomic mass is 9.97. The SMILES string of the molecule is O=C(O)CC1COCCN1C(=O)C1CCOCC1. The monoisotopic (exact) mass is 257 g/mol. The highest BCUT2D eigenvalue weighted by Gasteiger charge is 2.33. The van der Waals surface area contributed by atoms with Crippen LogP contribution in [0.3, 0.4) is 0 Å². The summed E-state index contributed by atoms with van der Waals surface area (Å²) in [5, 5.41) is 8.86. The summed E-state index contributed by atoms with van der Waals surface area (Å²) in [5.74, 6) is -0.851. The van der Waals surface area contributed by atoms with Crippen molar-refractivity contribution in [3.63, 3.8) is 0 Å². The highest BCUT2D eigenvalue weighted by Crippen LogP contribution is 2.21. The molecule has 1 N–H and O–H groups in total. The van der Waals surface area contributed by atoms with Crippen molar-refractivity contribution in [3.8, 4) is 0 Å². The van der Waals surface area contributed by atoms with Crippen LogP contribution in [0.4, 0.5) is 0 Å². The Labute approximate surface area is 106 Å². The van der Waals surface area contributed by atoms with Crippen LogP contribution in [0.5, 0.6) is 0 Å². The minimum atomic E-state index is -0.893. The maximum Gasteiger partial charge on any atom is 0.305 e. The molecule has 0 aromatic rings. The fraction of sp³-hybridized carbons (Fsp3) is 0.833. The van der Waals surface area contributed by atoms with Crippen LogP contribution >= 0.6 is 0 Å². The van der Waals surface area contributed by atoms with E-state index in [1.807, 2.05) is 0 Å². The third-order valence-electron chi connectivity index (χ3n) is 3.49. The first-order chi connectivity index (χ1) is 8.68. The molecule has 0 radical (unpaired) electrons. The first-order valence-corrected chi connectivity index (χ1v) is 6.36. The number of carbonyl (C=O) groups is 2. The zero-order chi connectivity index (χ0) is 13.0. The zero-order valence-corrected chi connectivity index (χ0v) is 10.3. The van der Waals surface area contributed by atoms with Gasteiger partial charge in [-0.05, 0) is 12.8 Å². The zero-order valence-electron chi connectivity index (χ0n) is 10.3. The fourth-order valence-electron chi connectivity index (χ4n) is 2.49. The van der Waals surface area contributed by atoms with Gasteiger partial charge in [-0.3, -0.25) is 9.59 Å². The molecule has 0 spiro atoms. The summed E-state index contributed by atoms with van der Waals surface area (Å²) < 4.78 is 10.5. The minimum Gasteiger partial charge on any atom is -0.481 e. The lowest BCUT2D eigenvalue weighted by Gasteiger charge is -2.37. The minimum absolute atomic E-state index is 0.0202. The van der Waals surface area contributed by atoms with E-state index < -0.39 is 5.97 Å². The van der Waals surface area contributed by atoms with Crippen molar-refractivity contribution >= 4 is 11.9 Å². The molecule has 2 fully saturated rings. The van der Waals surface area contributed by atoms with E-state index in [4.69, 9.17) is 14.6 Å². The summed E-state index contributed by atoms with van der Waals surface area (Å²) in [6.45, 7) is 2.54. The van der Waals surface area contributed by atoms with E-state index in [9.17, 15) is 9.59 Å². The summed E-state index contributed by atoms with van der Waals surface area (Å²) in [5.41, 5.74) is 0. The molecular formula is C12H19NO5. The van der Waals surface area contributed by atoms with Crippen molar-refractivity contribution < 1.29 is 24.2 Å². The van der Waals surface area contributed by atoms with E-state index in [-0.39, 0.29) is 24.3 Å². The second-order valence-corrected chi connectivity index (χ2v) is 4.74. The lowest BCUT2D eigenvalue weighted by Crippen LogP contribution is -2.52. The highest BCUT2D eigenvalue weighted by atomic mass is 16.5. The number of carboxylic acids is 1. The fourth-order valence-corrected chi connectivity index (χ4v) is 2.49. The molecule has 0 aromatic carbocycles. The second kappa shape index (κ2) is 6.15. The summed E-state index contributed by atoms with van der Waals surface area (Å²) >= 11 is 0. The molecule has 0 aliphatic carbocycles. The molecule has 18 heavy (non-hydrogen) atoms. The maximum absolute atomic E-state index is 12.4. The largest absolute Gasteiger partial charge is 0.481 e. The van der Waals surface area contributed by atoms with Gasteiger partial charge in [-0.1, -0.05) is 0 Å². The quantitative estimate of drug-likeness (QED) is 0.777. The Morgan fingerprint density at radius 2 is 1.89 bits per heavy atom. The van der Waals surface area contributed by atoms with Crippen LogP contribution < -0.4 is 0 Å². The van der Waals surface area contributed by atoms with Crippen molar-refractivity contribution in [1.82, 2.24) is 4.90 Å². The number of nitrogens with zero attached hydrogens (tertiary/aromatic N) is 1. The van der Waals surface area contributed by atoms with Gasteiger partial charge in [0.2, 0.25) is 5.91 Å². The Kier molecular flexibility index (Phi) is 4.54. The number of morpholine rings is 1. The third-order valence-corrected chi connectivity index (χ3v) is 3.49. The van der Waals surface area contributed by atoms with Crippen LogP contribution in [0, 0.1) is 5.92 Å². The maximum atomic E-state index is 12.4. The lowest BCUT2D eigenvalue weighted by molar-refractivity contribution is -0.151. The number of amides is 1. The van der Waals surface area contributed by atoms with E-state index in [2.05, 4.69) is 0 Å². The molecule has 6 nitrogen and oxygen atoms in total. The number of carbonyl (C=O) groups excluding carboxylic acids is 1. The Morgan fingerprint density at radius 3 is 2.56 bits per heavy atom. The molecular weight excluding hydrogens is 238 g/mol. The molecule has 0 saturated carbocycles. The number of ether oxygens (including phenoxy) is 2. The molecule has 0 bridgehead atoms. The van der Waals surface area contributed by atoms with Gasteiger partial charge in [0, 0.05) is 25.7 Å². The van der Waals surface area contributed by atoms with E-state index in [0.717, 1.165) is 12.8 Å². The summed E-state index contributed by atoms with van der Waals surface area (Å²) in [6, 6.07) is -0.327. The normalized spacial score (nSPS) is 26.0. The molecule has 1 atom stereocenters. The van der Waals surface area contributed by atoms with Crippen LogP contribution in [-0.2, 0) is 19.1 Å². The number of aliphatic carboxylic acids is 1. The van der Waals surface area contributed by atoms with Gasteiger partial charge in [0.1, 0.15) is 0 Å². The molecule has 0 aromatic heterocycles. The smallest absolute Gasteiger partial charge is 0.305 e. The van der Waals surface area contributed by atoms with Gasteiger partial charge in [0.15, 0.2) is 0 Å². The Bertz CT molecular complexity index is 314. The van der Waals surface area contributed by atoms with E-state index in [1.54, 1.807) is 4.90 Å². The number of hydrogen-bond donors (Lipinski definition) is 1. The van der Waals surface area contributed by atoms with Crippen molar-refractivity contribution in [2.24, 2.45) is 5.92 Å². The first-order valence-electron chi connectivity index (χ1n) is 6.36. The summed E-state index contributed by atoms with van der Waals surface area (Å²) in [6.07, 6.45) is 1.42. The van der Waals surface area contributed by atoms with Gasteiger partial charge in [0.25, 0.3) is 0 Å². The Morgan fingerprint density at radius 1 is 1.17 bits per heavy atom. The van der Waals surface area contributed by atoms with E-state index in [1.165, 1.54) is 0 Å². The van der Waals surface area contributed by atoms with Crippen LogP contribution in [0.15, 0.2) is 0 Å². The predicted octanol–water partition coefficient (Wildman–Crippen LogP) is 0.115. The summed E-state index contributed by atoms with van der Waals surface area (Å²) in [4.78, 5) is 24.9. The molecule has 2 aliphatic rings. The molecule has 1 amide bonds. The molecule has 102 valence electrons. The average molecular weight is 257 g/mol. The molecule has 6 heteroatoms. The van der Waals surface area contributed by atoms with Crippen LogP contribution in [-0.4, -0.2) is 60.9 Å². The predicted molar refractivity (Wildman–Crippen MR) is 62.1 cm³/mol. The Hall–Kier alpha value is -1.14. The van der Waals surface area contributed by atoms with E-state index >= 15 is 0 Å². The number of carboxylic acid groups (broad SMARTS) is 1. The number of rotatable bonds is 3. The van der Waals surface area contributed by atoms with Crippen molar-refractivity contribution in [1.29, 1.82) is 0 Å². The van der Waals surface area contributed by atoms with Crippen LogP contribution in [0.1, 0.15) is 19.3 Å². The second-order valence-electron chi connectivity index (χ2n) is 4.74. The van der Waals surface area contributed by atoms with E-state index in [0.29, 0.717) is 33.0 Å². The molecule has 2 aliphatic heterocycles. The summed E-state index contributed by atoms with van der Waals surface area (Å²) in [7, 11) is 0. The number of hydrogen-bond acceptors (Lipinski definition) is 4. The van der Waals surface area contributed by atoms with Gasteiger partial charge < -0.3 is 19.5 Å². The average Bonchev–Trinajstić information content (AvgIpc) is 2.39. The molecule has 2 heterocycles. The van der Waals surface area contributed by atoms with Gasteiger partial charge in [-0.15, -0.1) is 0 Å². The first kappa shape index (κ1) is 13.3. The highest BCUT2D eigenvalue weighted by molar-refractivity contribution is 5.80. The molecule has 1 unspecified atom stereocenters. The van der Waals surface area contributed by atoms with Crippen molar-refractivity contribution in [2.45, 2.75) is 25.3 Å². The van der Waals surface area contributed by atoms with Gasteiger partial charge >= 0.3 is 5.97 Å². The van der Waals surface area contributed by atoms with Gasteiger partial charge in [-0.25, -0.2) is 0 Å². The molecule has 2 rings (SSSR count). The van der Waals surface area contributed by atoms with Gasteiger partial charge in [0.05, 0.1) is 25.7 Å². The standard InChI is InChI=1S/C12H19NO5/c14-11(15)7-10-8-18-6-3-13(10)12(16)9-1-4-17-5-2-9/h9-10H,1-8H2,(H,14,15). The van der Waals surface area contributed by atoms with Crippen LogP contribution in [0.2, 0.25) is 0 Å². The van der Waals surface area contributed by atoms with Crippen molar-refractivity contribution in [3.05, 3.63) is 0 Å². The van der Waals surface area contributed by atoms with Crippen LogP contribution in [0.25, 0.3) is 0 Å². The van der Waals surface area contributed by atoms with Crippen molar-refractivity contribution in [2.75, 3.05) is 33.0 Å². The third kappa shape index (κ3) is 3.20. The molecule has 2 saturated heterocycles. The van der Waals surface area contributed by atoms with Gasteiger partial charge in [-0.2, -0.15) is 0 Å². The Balaban J connectivity index is 1.98. The topological polar surface area (TPSA) is 76.1 Å².